The van der Waals surface area contributed by atoms with Gasteiger partial charge < -0.3 is 14.5 Å². The van der Waals surface area contributed by atoms with Crippen molar-refractivity contribution in [2.24, 2.45) is 0 Å². The van der Waals surface area contributed by atoms with Gasteiger partial charge in [-0.3, -0.25) is 4.90 Å². The molecule has 6 heteroatoms. The first-order chi connectivity index (χ1) is 12.7. The predicted octanol–water partition coefficient (Wildman–Crippen LogP) is 3.46. The summed E-state index contributed by atoms with van der Waals surface area (Å²) in [6.07, 6.45) is 3.12. The van der Waals surface area contributed by atoms with Gasteiger partial charge in [0, 0.05) is 31.4 Å². The molecule has 1 aliphatic heterocycles. The van der Waals surface area contributed by atoms with Gasteiger partial charge in [0.15, 0.2) is 0 Å². The Morgan fingerprint density at radius 1 is 1.12 bits per heavy atom. The number of nitrogens with zero attached hydrogens (tertiary/aromatic N) is 3. The highest BCUT2D eigenvalue weighted by Crippen LogP contribution is 2.28. The summed E-state index contributed by atoms with van der Waals surface area (Å²) < 4.78 is 7.41. The SMILES string of the molecule is COc1ccc(-c2nc3ccc(Cl)cn3c2CN2CCCNCC2)cc1. The molecular formula is C20H23ClN4O. The molecule has 1 saturated heterocycles. The Kier molecular flexibility index (Phi) is 5.11. The number of halogens is 1. The zero-order chi connectivity index (χ0) is 17.9. The minimum absolute atomic E-state index is 0.718. The third kappa shape index (κ3) is 3.56. The molecule has 0 atom stereocenters. The second-order valence-corrected chi connectivity index (χ2v) is 7.03. The molecule has 0 amide bonds. The van der Waals surface area contributed by atoms with Gasteiger partial charge in [0.1, 0.15) is 11.4 Å². The Labute approximate surface area is 158 Å². The third-order valence-corrected chi connectivity index (χ3v) is 5.07. The minimum atomic E-state index is 0.718. The fourth-order valence-electron chi connectivity index (χ4n) is 3.47. The van der Waals surface area contributed by atoms with Crippen molar-refractivity contribution in [2.75, 3.05) is 33.3 Å². The molecule has 1 N–H and O–H groups in total. The first kappa shape index (κ1) is 17.3. The summed E-state index contributed by atoms with van der Waals surface area (Å²) in [5.74, 6) is 0.848. The summed E-state index contributed by atoms with van der Waals surface area (Å²) >= 11 is 6.27. The molecule has 0 radical (unpaired) electrons. The largest absolute Gasteiger partial charge is 0.497 e. The number of hydrogen-bond donors (Lipinski definition) is 1. The maximum atomic E-state index is 6.27. The van der Waals surface area contributed by atoms with Gasteiger partial charge in [-0.05, 0) is 55.9 Å². The number of rotatable bonds is 4. The van der Waals surface area contributed by atoms with Crippen LogP contribution in [0.4, 0.5) is 0 Å². The molecule has 2 aromatic heterocycles. The van der Waals surface area contributed by atoms with E-state index in [2.05, 4.69) is 26.8 Å². The quantitative estimate of drug-likeness (QED) is 0.763. The number of benzene rings is 1. The van der Waals surface area contributed by atoms with Crippen LogP contribution in [-0.2, 0) is 6.54 Å². The molecule has 1 aliphatic rings. The molecule has 26 heavy (non-hydrogen) atoms. The molecular weight excluding hydrogens is 348 g/mol. The highest BCUT2D eigenvalue weighted by molar-refractivity contribution is 6.30. The summed E-state index contributed by atoms with van der Waals surface area (Å²) in [7, 11) is 1.68. The molecule has 1 fully saturated rings. The predicted molar refractivity (Wildman–Crippen MR) is 105 cm³/mol. The van der Waals surface area contributed by atoms with Crippen molar-refractivity contribution in [3.63, 3.8) is 0 Å². The Morgan fingerprint density at radius 3 is 2.77 bits per heavy atom. The number of aromatic nitrogens is 2. The van der Waals surface area contributed by atoms with E-state index in [9.17, 15) is 0 Å². The Morgan fingerprint density at radius 2 is 1.96 bits per heavy atom. The number of hydrogen-bond acceptors (Lipinski definition) is 4. The van der Waals surface area contributed by atoms with Gasteiger partial charge in [0.05, 0.1) is 23.5 Å². The van der Waals surface area contributed by atoms with E-state index in [1.807, 2.05) is 30.5 Å². The molecule has 4 rings (SSSR count). The fraction of sp³-hybridized carbons (Fsp3) is 0.350. The van der Waals surface area contributed by atoms with E-state index in [4.69, 9.17) is 21.3 Å². The Hall–Kier alpha value is -2.08. The van der Waals surface area contributed by atoms with Gasteiger partial charge in [-0.15, -0.1) is 0 Å². The molecule has 3 aromatic rings. The van der Waals surface area contributed by atoms with Crippen LogP contribution in [0.3, 0.4) is 0 Å². The number of fused-ring (bicyclic) bond motifs is 1. The van der Waals surface area contributed by atoms with Crippen LogP contribution in [0.2, 0.25) is 5.02 Å². The highest BCUT2D eigenvalue weighted by atomic mass is 35.5. The first-order valence-corrected chi connectivity index (χ1v) is 9.36. The zero-order valence-electron chi connectivity index (χ0n) is 14.9. The lowest BCUT2D eigenvalue weighted by Crippen LogP contribution is -2.28. The second-order valence-electron chi connectivity index (χ2n) is 6.59. The van der Waals surface area contributed by atoms with Crippen LogP contribution in [0.15, 0.2) is 42.6 Å². The molecule has 0 spiro atoms. The van der Waals surface area contributed by atoms with E-state index in [0.29, 0.717) is 0 Å². The van der Waals surface area contributed by atoms with E-state index in [1.165, 1.54) is 5.69 Å². The summed E-state index contributed by atoms with van der Waals surface area (Å²) in [5, 5.41) is 4.18. The van der Waals surface area contributed by atoms with E-state index < -0.39 is 0 Å². The third-order valence-electron chi connectivity index (χ3n) is 4.85. The molecule has 3 heterocycles. The summed E-state index contributed by atoms with van der Waals surface area (Å²) in [6, 6.07) is 12.0. The lowest BCUT2D eigenvalue weighted by molar-refractivity contribution is 0.281. The molecule has 0 bridgehead atoms. The van der Waals surface area contributed by atoms with Crippen LogP contribution in [0.1, 0.15) is 12.1 Å². The number of imidazole rings is 1. The molecule has 136 valence electrons. The van der Waals surface area contributed by atoms with E-state index in [1.54, 1.807) is 7.11 Å². The van der Waals surface area contributed by atoms with Crippen LogP contribution in [0, 0.1) is 0 Å². The average Bonchev–Trinajstić information content (AvgIpc) is 2.83. The standard InChI is InChI=1S/C20H23ClN4O/c1-26-17-6-3-15(4-7-17)20-18(14-24-11-2-9-22-10-12-24)25-13-16(21)5-8-19(25)23-20/h3-8,13,22H,2,9-12,14H2,1H3. The van der Waals surface area contributed by atoms with Crippen molar-refractivity contribution in [2.45, 2.75) is 13.0 Å². The van der Waals surface area contributed by atoms with E-state index in [0.717, 1.165) is 66.8 Å². The summed E-state index contributed by atoms with van der Waals surface area (Å²) in [4.78, 5) is 7.37. The zero-order valence-corrected chi connectivity index (χ0v) is 15.7. The Balaban J connectivity index is 1.77. The van der Waals surface area contributed by atoms with Crippen molar-refractivity contribution < 1.29 is 4.74 Å². The summed E-state index contributed by atoms with van der Waals surface area (Å²) in [6.45, 7) is 5.08. The number of pyridine rings is 1. The van der Waals surface area contributed by atoms with Crippen molar-refractivity contribution in [3.05, 3.63) is 53.3 Å². The van der Waals surface area contributed by atoms with Crippen LogP contribution in [-0.4, -0.2) is 47.6 Å². The topological polar surface area (TPSA) is 41.8 Å². The van der Waals surface area contributed by atoms with Crippen molar-refractivity contribution in [1.82, 2.24) is 19.6 Å². The Bertz CT molecular complexity index is 883. The molecule has 0 unspecified atom stereocenters. The van der Waals surface area contributed by atoms with Crippen LogP contribution >= 0.6 is 11.6 Å². The van der Waals surface area contributed by atoms with Crippen LogP contribution in [0.5, 0.6) is 5.75 Å². The molecule has 0 aliphatic carbocycles. The molecule has 1 aromatic carbocycles. The maximum Gasteiger partial charge on any atom is 0.137 e. The van der Waals surface area contributed by atoms with Crippen molar-refractivity contribution in [3.8, 4) is 17.0 Å². The van der Waals surface area contributed by atoms with E-state index >= 15 is 0 Å². The minimum Gasteiger partial charge on any atom is -0.497 e. The average molecular weight is 371 g/mol. The molecule has 5 nitrogen and oxygen atoms in total. The smallest absolute Gasteiger partial charge is 0.137 e. The van der Waals surface area contributed by atoms with Crippen LogP contribution in [0.25, 0.3) is 16.9 Å². The highest BCUT2D eigenvalue weighted by Gasteiger charge is 2.18. The monoisotopic (exact) mass is 370 g/mol. The lowest BCUT2D eigenvalue weighted by Gasteiger charge is -2.20. The van der Waals surface area contributed by atoms with Crippen molar-refractivity contribution in [1.29, 1.82) is 0 Å². The normalized spacial score (nSPS) is 15.9. The van der Waals surface area contributed by atoms with Gasteiger partial charge in [-0.1, -0.05) is 11.6 Å². The lowest BCUT2D eigenvalue weighted by atomic mass is 10.1. The van der Waals surface area contributed by atoms with Gasteiger partial charge in [-0.25, -0.2) is 4.98 Å². The van der Waals surface area contributed by atoms with Gasteiger partial charge in [0.2, 0.25) is 0 Å². The number of ether oxygens (including phenoxy) is 1. The van der Waals surface area contributed by atoms with Crippen molar-refractivity contribution >= 4 is 17.2 Å². The van der Waals surface area contributed by atoms with E-state index in [-0.39, 0.29) is 0 Å². The fourth-order valence-corrected chi connectivity index (χ4v) is 3.63. The second kappa shape index (κ2) is 7.66. The molecule has 0 saturated carbocycles. The summed E-state index contributed by atoms with van der Waals surface area (Å²) in [5.41, 5.74) is 4.19. The van der Waals surface area contributed by atoms with Crippen LogP contribution < -0.4 is 10.1 Å². The number of methoxy groups -OCH3 is 1. The van der Waals surface area contributed by atoms with Gasteiger partial charge in [-0.2, -0.15) is 0 Å². The first-order valence-electron chi connectivity index (χ1n) is 8.98. The maximum absolute atomic E-state index is 6.27. The van der Waals surface area contributed by atoms with Gasteiger partial charge >= 0.3 is 0 Å². The number of nitrogens with one attached hydrogen (secondary N) is 1. The van der Waals surface area contributed by atoms with Gasteiger partial charge in [0.25, 0.3) is 0 Å².